The molecule has 0 saturated carbocycles. The molecule has 0 aromatic carbocycles. The Morgan fingerprint density at radius 1 is 1.35 bits per heavy atom. The summed E-state index contributed by atoms with van der Waals surface area (Å²) in [5.41, 5.74) is 1.07. The van der Waals surface area contributed by atoms with E-state index in [2.05, 4.69) is 20.8 Å². The molecular weight excluding hydrogens is 216 g/mol. The first-order chi connectivity index (χ1) is 7.64. The van der Waals surface area contributed by atoms with E-state index in [0.717, 1.165) is 5.69 Å². The Hall–Kier alpha value is -1.29. The topological polar surface area (TPSA) is 45.5 Å². The molecule has 0 spiro atoms. The highest BCUT2D eigenvalue weighted by atomic mass is 16.3. The maximum atomic E-state index is 11.6. The third-order valence-electron chi connectivity index (χ3n) is 2.61. The molecule has 4 nitrogen and oxygen atoms in total. The third kappa shape index (κ3) is 2.88. The second-order valence-corrected chi connectivity index (χ2v) is 5.69. The second kappa shape index (κ2) is 4.53. The van der Waals surface area contributed by atoms with E-state index in [1.807, 2.05) is 30.5 Å². The van der Waals surface area contributed by atoms with Gasteiger partial charge in [0, 0.05) is 23.8 Å². The van der Waals surface area contributed by atoms with Gasteiger partial charge in [0.15, 0.2) is 5.75 Å². The van der Waals surface area contributed by atoms with E-state index in [0.29, 0.717) is 12.2 Å². The van der Waals surface area contributed by atoms with E-state index in [1.165, 1.54) is 6.07 Å². The zero-order valence-corrected chi connectivity index (χ0v) is 11.5. The van der Waals surface area contributed by atoms with Crippen LogP contribution in [0, 0.1) is 6.92 Å². The van der Waals surface area contributed by atoms with Crippen LogP contribution >= 0.6 is 0 Å². The van der Waals surface area contributed by atoms with Gasteiger partial charge in [-0.05, 0) is 41.8 Å². The molecule has 1 aromatic heterocycles. The van der Waals surface area contributed by atoms with Crippen molar-refractivity contribution >= 4 is 0 Å². The van der Waals surface area contributed by atoms with Gasteiger partial charge in [-0.3, -0.25) is 4.79 Å². The number of nitrogens with zero attached hydrogens (tertiary/aromatic N) is 2. The molecule has 0 amide bonds. The van der Waals surface area contributed by atoms with Crippen LogP contribution < -0.4 is 5.43 Å². The molecule has 96 valence electrons. The summed E-state index contributed by atoms with van der Waals surface area (Å²) in [6.45, 7) is 8.61. The van der Waals surface area contributed by atoms with Crippen LogP contribution in [-0.2, 0) is 12.1 Å². The van der Waals surface area contributed by atoms with E-state index in [9.17, 15) is 9.90 Å². The summed E-state index contributed by atoms with van der Waals surface area (Å²) in [5, 5.41) is 9.96. The van der Waals surface area contributed by atoms with Gasteiger partial charge in [-0.15, -0.1) is 0 Å². The van der Waals surface area contributed by atoms with Crippen molar-refractivity contribution in [1.29, 1.82) is 0 Å². The van der Waals surface area contributed by atoms with Crippen molar-refractivity contribution in [3.05, 3.63) is 27.7 Å². The minimum Gasteiger partial charge on any atom is -0.503 e. The maximum Gasteiger partial charge on any atom is 0.223 e. The Bertz CT molecular complexity index is 468. The molecule has 0 saturated heterocycles. The Morgan fingerprint density at radius 3 is 2.29 bits per heavy atom. The quantitative estimate of drug-likeness (QED) is 0.852. The van der Waals surface area contributed by atoms with E-state index in [-0.39, 0.29) is 16.7 Å². The SMILES string of the molecule is Cc1cc(=O)c(O)c(CN(C)C)n1C(C)(C)C. The molecule has 0 atom stereocenters. The van der Waals surface area contributed by atoms with Crippen molar-refractivity contribution in [2.45, 2.75) is 39.8 Å². The maximum absolute atomic E-state index is 11.6. The van der Waals surface area contributed by atoms with Crippen LogP contribution in [0.15, 0.2) is 10.9 Å². The lowest BCUT2D eigenvalue weighted by Crippen LogP contribution is -2.31. The molecule has 0 aliphatic heterocycles. The normalized spacial score (nSPS) is 12.2. The monoisotopic (exact) mass is 238 g/mol. The van der Waals surface area contributed by atoms with Gasteiger partial charge in [0.25, 0.3) is 0 Å². The summed E-state index contributed by atoms with van der Waals surface area (Å²) >= 11 is 0. The molecular formula is C13H22N2O2. The number of aryl methyl sites for hydroxylation is 1. The summed E-state index contributed by atoms with van der Waals surface area (Å²) in [6, 6.07) is 1.49. The molecule has 0 aliphatic rings. The molecule has 0 aliphatic carbocycles. The van der Waals surface area contributed by atoms with E-state index < -0.39 is 0 Å². The Labute approximate surface area is 102 Å². The summed E-state index contributed by atoms with van der Waals surface area (Å²) in [6.07, 6.45) is 0. The van der Waals surface area contributed by atoms with E-state index in [4.69, 9.17) is 0 Å². The minimum atomic E-state index is -0.306. The Morgan fingerprint density at radius 2 is 1.88 bits per heavy atom. The predicted octanol–water partition coefficient (Wildman–Crippen LogP) is 1.68. The van der Waals surface area contributed by atoms with Gasteiger partial charge in [0.1, 0.15) is 0 Å². The van der Waals surface area contributed by atoms with Crippen LogP contribution in [-0.4, -0.2) is 28.7 Å². The molecule has 1 rings (SSSR count). The van der Waals surface area contributed by atoms with Crippen molar-refractivity contribution in [3.8, 4) is 5.75 Å². The summed E-state index contributed by atoms with van der Waals surface area (Å²) in [7, 11) is 3.83. The zero-order chi connectivity index (χ0) is 13.4. The molecule has 4 heteroatoms. The van der Waals surface area contributed by atoms with Gasteiger partial charge in [-0.25, -0.2) is 0 Å². The van der Waals surface area contributed by atoms with Crippen LogP contribution in [0.5, 0.6) is 5.75 Å². The first-order valence-corrected chi connectivity index (χ1v) is 5.74. The van der Waals surface area contributed by atoms with Crippen LogP contribution in [0.2, 0.25) is 0 Å². The third-order valence-corrected chi connectivity index (χ3v) is 2.61. The fraction of sp³-hybridized carbons (Fsp3) is 0.615. The van der Waals surface area contributed by atoms with Crippen LogP contribution in [0.3, 0.4) is 0 Å². The highest BCUT2D eigenvalue weighted by Crippen LogP contribution is 2.24. The van der Waals surface area contributed by atoms with Crippen molar-refractivity contribution in [3.63, 3.8) is 0 Å². The summed E-state index contributed by atoms with van der Waals surface area (Å²) in [4.78, 5) is 13.6. The van der Waals surface area contributed by atoms with Gasteiger partial charge < -0.3 is 14.6 Å². The number of hydrogen-bond donors (Lipinski definition) is 1. The highest BCUT2D eigenvalue weighted by Gasteiger charge is 2.22. The van der Waals surface area contributed by atoms with Gasteiger partial charge in [0.05, 0.1) is 5.69 Å². The fourth-order valence-corrected chi connectivity index (χ4v) is 2.16. The molecule has 0 bridgehead atoms. The molecule has 0 unspecified atom stereocenters. The number of aromatic nitrogens is 1. The van der Waals surface area contributed by atoms with Crippen LogP contribution in [0.1, 0.15) is 32.2 Å². The van der Waals surface area contributed by atoms with Crippen molar-refractivity contribution in [2.24, 2.45) is 0 Å². The van der Waals surface area contributed by atoms with Gasteiger partial charge in [0.2, 0.25) is 5.43 Å². The average Bonchev–Trinajstić information content (AvgIpc) is 2.10. The Balaban J connectivity index is 3.56. The smallest absolute Gasteiger partial charge is 0.223 e. The van der Waals surface area contributed by atoms with Crippen molar-refractivity contribution in [2.75, 3.05) is 14.1 Å². The molecule has 1 aromatic rings. The average molecular weight is 238 g/mol. The van der Waals surface area contributed by atoms with Crippen LogP contribution in [0.25, 0.3) is 0 Å². The highest BCUT2D eigenvalue weighted by molar-refractivity contribution is 5.30. The van der Waals surface area contributed by atoms with Crippen molar-refractivity contribution < 1.29 is 5.11 Å². The largest absolute Gasteiger partial charge is 0.503 e. The zero-order valence-electron chi connectivity index (χ0n) is 11.5. The fourth-order valence-electron chi connectivity index (χ4n) is 2.16. The number of hydrogen-bond acceptors (Lipinski definition) is 3. The first-order valence-electron chi connectivity index (χ1n) is 5.74. The van der Waals surface area contributed by atoms with Gasteiger partial charge in [-0.2, -0.15) is 0 Å². The Kier molecular flexibility index (Phi) is 3.67. The number of rotatable bonds is 2. The first kappa shape index (κ1) is 13.8. The summed E-state index contributed by atoms with van der Waals surface area (Å²) in [5.74, 6) is -0.140. The van der Waals surface area contributed by atoms with E-state index >= 15 is 0 Å². The van der Waals surface area contributed by atoms with Crippen molar-refractivity contribution in [1.82, 2.24) is 9.47 Å². The summed E-state index contributed by atoms with van der Waals surface area (Å²) < 4.78 is 2.02. The molecule has 0 fully saturated rings. The van der Waals surface area contributed by atoms with Gasteiger partial charge in [-0.1, -0.05) is 0 Å². The lowest BCUT2D eigenvalue weighted by molar-refractivity contribution is 0.314. The lowest BCUT2D eigenvalue weighted by Gasteiger charge is -2.31. The van der Waals surface area contributed by atoms with Crippen LogP contribution in [0.4, 0.5) is 0 Å². The lowest BCUT2D eigenvalue weighted by atomic mass is 10.1. The molecule has 0 radical (unpaired) electrons. The predicted molar refractivity (Wildman–Crippen MR) is 69.5 cm³/mol. The second-order valence-electron chi connectivity index (χ2n) is 5.69. The van der Waals surface area contributed by atoms with Gasteiger partial charge >= 0.3 is 0 Å². The standard InChI is InChI=1S/C13H22N2O2/c1-9-7-11(16)12(17)10(8-14(5)6)15(9)13(2,3)4/h7,17H,8H2,1-6H3. The number of aromatic hydroxyl groups is 1. The molecule has 17 heavy (non-hydrogen) atoms. The van der Waals surface area contributed by atoms with E-state index in [1.54, 1.807) is 0 Å². The molecule has 1 heterocycles. The molecule has 1 N–H and O–H groups in total. The minimum absolute atomic E-state index is 0.140. The number of pyridine rings is 1.